The molecule has 0 aliphatic carbocycles. The van der Waals surface area contributed by atoms with E-state index in [0.717, 1.165) is 11.3 Å². The molecule has 0 aliphatic heterocycles. The number of aromatic carboxylic acids is 1. The summed E-state index contributed by atoms with van der Waals surface area (Å²) < 4.78 is 0. The molecule has 0 bridgehead atoms. The summed E-state index contributed by atoms with van der Waals surface area (Å²) in [7, 11) is 0. The van der Waals surface area contributed by atoms with Crippen molar-refractivity contribution in [1.29, 1.82) is 0 Å². The number of carbonyl (C=O) groups is 2. The molecule has 0 atom stereocenters. The first-order valence-electron chi connectivity index (χ1n) is 5.35. The maximum Gasteiger partial charge on any atom is 0.338 e. The lowest BCUT2D eigenvalue weighted by Gasteiger charge is -2.04. The van der Waals surface area contributed by atoms with Gasteiger partial charge in [-0.2, -0.15) is 0 Å². The molecular weight excluding hydrogens is 284 g/mol. The van der Waals surface area contributed by atoms with Gasteiger partial charge in [-0.1, -0.05) is 0 Å². The number of nitro benzene ring substituents is 1. The molecule has 0 spiro atoms. The number of carbonyl (C=O) groups excluding carboxylic acids is 1. The Balaban J connectivity index is 2.17. The van der Waals surface area contributed by atoms with Crippen molar-refractivity contribution < 1.29 is 19.6 Å². The van der Waals surface area contributed by atoms with Crippen molar-refractivity contribution in [2.45, 2.75) is 0 Å². The molecule has 102 valence electrons. The van der Waals surface area contributed by atoms with E-state index in [2.05, 4.69) is 5.32 Å². The van der Waals surface area contributed by atoms with Crippen molar-refractivity contribution in [3.8, 4) is 0 Å². The van der Waals surface area contributed by atoms with Crippen LogP contribution in [0.15, 0.2) is 35.7 Å². The Morgan fingerprint density at radius 1 is 1.20 bits per heavy atom. The number of non-ortho nitro benzene ring substituents is 1. The number of benzene rings is 1. The summed E-state index contributed by atoms with van der Waals surface area (Å²) in [4.78, 5) is 32.7. The van der Waals surface area contributed by atoms with Gasteiger partial charge >= 0.3 is 5.97 Å². The van der Waals surface area contributed by atoms with E-state index in [0.29, 0.717) is 0 Å². The van der Waals surface area contributed by atoms with E-state index in [1.807, 2.05) is 0 Å². The molecule has 0 radical (unpaired) electrons. The third kappa shape index (κ3) is 2.81. The number of thiophene rings is 1. The molecule has 1 amide bonds. The van der Waals surface area contributed by atoms with Crippen LogP contribution in [0, 0.1) is 10.1 Å². The number of hydrogen-bond donors (Lipinski definition) is 2. The molecule has 1 heterocycles. The van der Waals surface area contributed by atoms with Crippen LogP contribution in [0.2, 0.25) is 0 Å². The molecular formula is C12H8N2O5S. The highest BCUT2D eigenvalue weighted by atomic mass is 32.1. The van der Waals surface area contributed by atoms with Gasteiger partial charge in [-0.05, 0) is 23.6 Å². The molecule has 2 rings (SSSR count). The fourth-order valence-corrected chi connectivity index (χ4v) is 2.26. The zero-order valence-electron chi connectivity index (χ0n) is 9.90. The average molecular weight is 292 g/mol. The Bertz CT molecular complexity index is 677. The monoisotopic (exact) mass is 292 g/mol. The summed E-state index contributed by atoms with van der Waals surface area (Å²) >= 11 is 1.09. The number of hydrogen-bond acceptors (Lipinski definition) is 5. The van der Waals surface area contributed by atoms with Gasteiger partial charge in [0.25, 0.3) is 11.6 Å². The number of nitrogens with zero attached hydrogens (tertiary/aromatic N) is 1. The molecule has 2 N–H and O–H groups in total. The van der Waals surface area contributed by atoms with E-state index >= 15 is 0 Å². The lowest BCUT2D eigenvalue weighted by molar-refractivity contribution is -0.384. The Morgan fingerprint density at radius 2 is 1.85 bits per heavy atom. The minimum Gasteiger partial charge on any atom is -0.478 e. The highest BCUT2D eigenvalue weighted by Crippen LogP contribution is 2.24. The lowest BCUT2D eigenvalue weighted by Crippen LogP contribution is -2.13. The SMILES string of the molecule is O=C(Nc1sccc1C(=O)O)c1ccc([N+](=O)[O-])cc1. The highest BCUT2D eigenvalue weighted by molar-refractivity contribution is 7.14. The van der Waals surface area contributed by atoms with Gasteiger partial charge in [-0.15, -0.1) is 11.3 Å². The third-order valence-corrected chi connectivity index (χ3v) is 3.29. The number of amides is 1. The van der Waals surface area contributed by atoms with Crippen LogP contribution < -0.4 is 5.32 Å². The Labute approximate surface area is 116 Å². The van der Waals surface area contributed by atoms with Crippen molar-refractivity contribution in [2.75, 3.05) is 5.32 Å². The Morgan fingerprint density at radius 3 is 2.40 bits per heavy atom. The van der Waals surface area contributed by atoms with Crippen molar-refractivity contribution in [1.82, 2.24) is 0 Å². The molecule has 0 fully saturated rings. The number of nitrogens with one attached hydrogen (secondary N) is 1. The van der Waals surface area contributed by atoms with Gasteiger partial charge < -0.3 is 10.4 Å². The van der Waals surface area contributed by atoms with E-state index in [9.17, 15) is 19.7 Å². The minimum atomic E-state index is -1.13. The summed E-state index contributed by atoms with van der Waals surface area (Å²) in [5.41, 5.74) is 0.0921. The van der Waals surface area contributed by atoms with Crippen molar-refractivity contribution in [3.63, 3.8) is 0 Å². The third-order valence-electron chi connectivity index (χ3n) is 2.46. The van der Waals surface area contributed by atoms with E-state index < -0.39 is 16.8 Å². The van der Waals surface area contributed by atoms with Crippen molar-refractivity contribution in [2.24, 2.45) is 0 Å². The largest absolute Gasteiger partial charge is 0.478 e. The van der Waals surface area contributed by atoms with E-state index in [1.54, 1.807) is 5.38 Å². The predicted molar refractivity (Wildman–Crippen MR) is 72.3 cm³/mol. The summed E-state index contributed by atoms with van der Waals surface area (Å²) in [6.07, 6.45) is 0. The molecule has 7 nitrogen and oxygen atoms in total. The summed E-state index contributed by atoms with van der Waals surface area (Å²) in [5.74, 6) is -1.66. The summed E-state index contributed by atoms with van der Waals surface area (Å²) in [6, 6.07) is 6.42. The molecule has 8 heteroatoms. The molecule has 0 saturated heterocycles. The molecule has 1 aromatic heterocycles. The Kier molecular flexibility index (Phi) is 3.76. The van der Waals surface area contributed by atoms with Gasteiger partial charge in [0.05, 0.1) is 10.5 Å². The fraction of sp³-hybridized carbons (Fsp3) is 0. The van der Waals surface area contributed by atoms with Crippen LogP contribution in [0.5, 0.6) is 0 Å². The average Bonchev–Trinajstić information content (AvgIpc) is 2.87. The first kappa shape index (κ1) is 13.7. The van der Waals surface area contributed by atoms with Gasteiger partial charge in [-0.3, -0.25) is 14.9 Å². The second-order valence-corrected chi connectivity index (χ2v) is 4.64. The van der Waals surface area contributed by atoms with Crippen LogP contribution in [0.25, 0.3) is 0 Å². The van der Waals surface area contributed by atoms with Gasteiger partial charge in [0.15, 0.2) is 0 Å². The maximum atomic E-state index is 11.9. The van der Waals surface area contributed by atoms with Crippen LogP contribution in [-0.2, 0) is 0 Å². The molecule has 0 saturated carbocycles. The van der Waals surface area contributed by atoms with Gasteiger partial charge in [-0.25, -0.2) is 4.79 Å². The minimum absolute atomic E-state index is 0.00487. The molecule has 0 aliphatic rings. The highest BCUT2D eigenvalue weighted by Gasteiger charge is 2.15. The van der Waals surface area contributed by atoms with E-state index in [-0.39, 0.29) is 21.8 Å². The van der Waals surface area contributed by atoms with Gasteiger partial charge in [0.2, 0.25) is 0 Å². The molecule has 1 aromatic carbocycles. The van der Waals surface area contributed by atoms with Crippen LogP contribution in [-0.4, -0.2) is 21.9 Å². The molecule has 20 heavy (non-hydrogen) atoms. The summed E-state index contributed by atoms with van der Waals surface area (Å²) in [6.45, 7) is 0. The van der Waals surface area contributed by atoms with E-state index in [1.165, 1.54) is 30.3 Å². The Hall–Kier alpha value is -2.74. The second kappa shape index (κ2) is 5.49. The number of nitro groups is 1. The van der Waals surface area contributed by atoms with Crippen LogP contribution in [0.4, 0.5) is 10.7 Å². The number of carboxylic acids is 1. The maximum absolute atomic E-state index is 11.9. The van der Waals surface area contributed by atoms with Gasteiger partial charge in [0, 0.05) is 17.7 Å². The summed E-state index contributed by atoms with van der Waals surface area (Å²) in [5, 5.41) is 23.7. The topological polar surface area (TPSA) is 110 Å². The normalized spacial score (nSPS) is 10.0. The molecule has 0 unspecified atom stereocenters. The van der Waals surface area contributed by atoms with Crippen LogP contribution in [0.1, 0.15) is 20.7 Å². The van der Waals surface area contributed by atoms with Crippen molar-refractivity contribution >= 4 is 33.9 Å². The first-order valence-corrected chi connectivity index (χ1v) is 6.23. The number of rotatable bonds is 4. The van der Waals surface area contributed by atoms with Crippen molar-refractivity contribution in [3.05, 3.63) is 57.0 Å². The smallest absolute Gasteiger partial charge is 0.338 e. The second-order valence-electron chi connectivity index (χ2n) is 3.73. The zero-order chi connectivity index (χ0) is 14.7. The standard InChI is InChI=1S/C12H8N2O5S/c15-10(7-1-3-8(4-2-7)14(18)19)13-11-9(12(16)17)5-6-20-11/h1-6H,(H,13,15)(H,16,17). The predicted octanol–water partition coefficient (Wildman–Crippen LogP) is 2.61. The van der Waals surface area contributed by atoms with Crippen LogP contribution >= 0.6 is 11.3 Å². The van der Waals surface area contributed by atoms with Crippen LogP contribution in [0.3, 0.4) is 0 Å². The quantitative estimate of drug-likeness (QED) is 0.665. The fourth-order valence-electron chi connectivity index (χ4n) is 1.48. The van der Waals surface area contributed by atoms with Gasteiger partial charge in [0.1, 0.15) is 5.00 Å². The van der Waals surface area contributed by atoms with E-state index in [4.69, 9.17) is 5.11 Å². The zero-order valence-corrected chi connectivity index (χ0v) is 10.7. The number of anilines is 1. The first-order chi connectivity index (χ1) is 9.49. The number of carboxylic acid groups (broad SMARTS) is 1. The lowest BCUT2D eigenvalue weighted by atomic mass is 10.2. The molecule has 2 aromatic rings.